The number of aryl methyl sites for hydroxylation is 1. The maximum Gasteiger partial charge on any atom is 0.321 e. The van der Waals surface area contributed by atoms with E-state index in [1.807, 2.05) is 6.92 Å². The number of nitro groups is 1. The monoisotopic (exact) mass is 277 g/mol. The first kappa shape index (κ1) is 14.3. The first-order valence-corrected chi connectivity index (χ1v) is 6.89. The molecule has 1 aromatic rings. The van der Waals surface area contributed by atoms with E-state index in [0.717, 1.165) is 44.3 Å². The highest BCUT2D eigenvalue weighted by atomic mass is 16.6. The van der Waals surface area contributed by atoms with Crippen molar-refractivity contribution in [1.29, 1.82) is 0 Å². The van der Waals surface area contributed by atoms with Crippen molar-refractivity contribution < 1.29 is 9.72 Å². The van der Waals surface area contributed by atoms with E-state index >= 15 is 0 Å². The molecule has 1 N–H and O–H groups in total. The Morgan fingerprint density at radius 3 is 2.50 bits per heavy atom. The van der Waals surface area contributed by atoms with E-state index in [-0.39, 0.29) is 11.7 Å². The van der Waals surface area contributed by atoms with E-state index < -0.39 is 4.92 Å². The molecule has 6 nitrogen and oxygen atoms in total. The fourth-order valence-corrected chi connectivity index (χ4v) is 2.33. The van der Waals surface area contributed by atoms with Gasteiger partial charge in [0.05, 0.1) is 10.6 Å². The average molecular weight is 277 g/mol. The van der Waals surface area contributed by atoms with Gasteiger partial charge in [0.25, 0.3) is 5.69 Å². The Bertz CT molecular complexity index is 508. The zero-order valence-corrected chi connectivity index (χ0v) is 11.6. The lowest BCUT2D eigenvalue weighted by Crippen LogP contribution is -2.35. The maximum atomic E-state index is 12.2. The molecular weight excluding hydrogens is 258 g/mol. The standard InChI is InChI=1S/C14H19N3O3/c1-11-6-7-12(17(19)20)10-13(11)15-14(18)16-8-4-2-3-5-9-16/h6-7,10H,2-5,8-9H2,1H3,(H,15,18). The van der Waals surface area contributed by atoms with Crippen molar-refractivity contribution in [3.8, 4) is 0 Å². The number of hydrogen-bond acceptors (Lipinski definition) is 3. The average Bonchev–Trinajstić information content (AvgIpc) is 2.70. The Balaban J connectivity index is 2.10. The zero-order chi connectivity index (χ0) is 14.5. The molecule has 1 aliphatic rings. The van der Waals surface area contributed by atoms with Crippen LogP contribution in [0, 0.1) is 17.0 Å². The summed E-state index contributed by atoms with van der Waals surface area (Å²) in [6.07, 6.45) is 4.34. The van der Waals surface area contributed by atoms with Gasteiger partial charge in [-0.3, -0.25) is 10.1 Å². The summed E-state index contributed by atoms with van der Waals surface area (Å²) in [5, 5.41) is 13.6. The summed E-state index contributed by atoms with van der Waals surface area (Å²) >= 11 is 0. The number of non-ortho nitro benzene ring substituents is 1. The number of anilines is 1. The van der Waals surface area contributed by atoms with Crippen LogP contribution >= 0.6 is 0 Å². The SMILES string of the molecule is Cc1ccc([N+](=O)[O-])cc1NC(=O)N1CCCCCC1. The molecule has 1 aromatic carbocycles. The second-order valence-electron chi connectivity index (χ2n) is 5.09. The summed E-state index contributed by atoms with van der Waals surface area (Å²) < 4.78 is 0. The quantitative estimate of drug-likeness (QED) is 0.665. The Hall–Kier alpha value is -2.11. The van der Waals surface area contributed by atoms with Crippen molar-refractivity contribution in [3.63, 3.8) is 0 Å². The van der Waals surface area contributed by atoms with Gasteiger partial charge < -0.3 is 10.2 Å². The van der Waals surface area contributed by atoms with Crippen LogP contribution in [0.15, 0.2) is 18.2 Å². The predicted molar refractivity (Wildman–Crippen MR) is 76.9 cm³/mol. The number of nitrogens with zero attached hydrogens (tertiary/aromatic N) is 2. The van der Waals surface area contributed by atoms with E-state index in [1.54, 1.807) is 11.0 Å². The summed E-state index contributed by atoms with van der Waals surface area (Å²) in [7, 11) is 0. The first-order valence-electron chi connectivity index (χ1n) is 6.89. The van der Waals surface area contributed by atoms with Gasteiger partial charge in [-0.1, -0.05) is 18.9 Å². The van der Waals surface area contributed by atoms with Gasteiger partial charge in [0.2, 0.25) is 0 Å². The molecule has 0 aromatic heterocycles. The van der Waals surface area contributed by atoms with E-state index in [9.17, 15) is 14.9 Å². The molecule has 108 valence electrons. The van der Waals surface area contributed by atoms with Crippen LogP contribution in [0.2, 0.25) is 0 Å². The Morgan fingerprint density at radius 2 is 1.90 bits per heavy atom. The molecule has 0 atom stereocenters. The number of rotatable bonds is 2. The van der Waals surface area contributed by atoms with Crippen molar-refractivity contribution in [3.05, 3.63) is 33.9 Å². The second kappa shape index (κ2) is 6.36. The molecule has 0 bridgehead atoms. The number of likely N-dealkylation sites (tertiary alicyclic amines) is 1. The van der Waals surface area contributed by atoms with Crippen molar-refractivity contribution >= 4 is 17.4 Å². The molecule has 2 rings (SSSR count). The number of nitro benzene ring substituents is 1. The topological polar surface area (TPSA) is 75.5 Å². The molecular formula is C14H19N3O3. The Labute approximate surface area is 117 Å². The highest BCUT2D eigenvalue weighted by molar-refractivity contribution is 5.90. The third-order valence-corrected chi connectivity index (χ3v) is 3.57. The highest BCUT2D eigenvalue weighted by Crippen LogP contribution is 2.22. The lowest BCUT2D eigenvalue weighted by Gasteiger charge is -2.21. The van der Waals surface area contributed by atoms with E-state index in [4.69, 9.17) is 0 Å². The van der Waals surface area contributed by atoms with Gasteiger partial charge >= 0.3 is 6.03 Å². The van der Waals surface area contributed by atoms with Crippen LogP contribution in [0.5, 0.6) is 0 Å². The lowest BCUT2D eigenvalue weighted by atomic mass is 10.2. The number of benzene rings is 1. The summed E-state index contributed by atoms with van der Waals surface area (Å²) in [4.78, 5) is 24.3. The number of urea groups is 1. The van der Waals surface area contributed by atoms with Crippen LogP contribution in [-0.2, 0) is 0 Å². The van der Waals surface area contributed by atoms with Crippen molar-refractivity contribution in [1.82, 2.24) is 4.90 Å². The van der Waals surface area contributed by atoms with Crippen LogP contribution in [0.3, 0.4) is 0 Å². The van der Waals surface area contributed by atoms with Gasteiger partial charge in [0, 0.05) is 25.2 Å². The Kier molecular flexibility index (Phi) is 4.55. The van der Waals surface area contributed by atoms with Crippen molar-refractivity contribution in [2.45, 2.75) is 32.6 Å². The largest absolute Gasteiger partial charge is 0.325 e. The van der Waals surface area contributed by atoms with Gasteiger partial charge in [-0.2, -0.15) is 0 Å². The van der Waals surface area contributed by atoms with Crippen molar-refractivity contribution in [2.75, 3.05) is 18.4 Å². The summed E-state index contributed by atoms with van der Waals surface area (Å²) in [6, 6.07) is 4.33. The number of carbonyl (C=O) groups is 1. The second-order valence-corrected chi connectivity index (χ2v) is 5.09. The molecule has 2 amide bonds. The van der Waals surface area contributed by atoms with Crippen LogP contribution < -0.4 is 5.32 Å². The molecule has 1 aliphatic heterocycles. The van der Waals surface area contributed by atoms with Gasteiger partial charge in [-0.15, -0.1) is 0 Å². The van der Waals surface area contributed by atoms with Crippen LogP contribution in [0.1, 0.15) is 31.2 Å². The highest BCUT2D eigenvalue weighted by Gasteiger charge is 2.17. The smallest absolute Gasteiger partial charge is 0.321 e. The summed E-state index contributed by atoms with van der Waals surface area (Å²) in [6.45, 7) is 3.32. The molecule has 0 radical (unpaired) electrons. The van der Waals surface area contributed by atoms with Gasteiger partial charge in [0.15, 0.2) is 0 Å². The van der Waals surface area contributed by atoms with Crippen LogP contribution in [0.25, 0.3) is 0 Å². The third kappa shape index (κ3) is 3.46. The Morgan fingerprint density at radius 1 is 1.25 bits per heavy atom. The number of amides is 2. The molecule has 0 unspecified atom stereocenters. The lowest BCUT2D eigenvalue weighted by molar-refractivity contribution is -0.384. The van der Waals surface area contributed by atoms with Crippen molar-refractivity contribution in [2.24, 2.45) is 0 Å². The van der Waals surface area contributed by atoms with Gasteiger partial charge in [-0.05, 0) is 25.3 Å². The molecule has 1 fully saturated rings. The number of hydrogen-bond donors (Lipinski definition) is 1. The first-order chi connectivity index (χ1) is 9.58. The van der Waals surface area contributed by atoms with E-state index in [2.05, 4.69) is 5.32 Å². The molecule has 6 heteroatoms. The normalized spacial score (nSPS) is 15.6. The maximum absolute atomic E-state index is 12.2. The fourth-order valence-electron chi connectivity index (χ4n) is 2.33. The minimum Gasteiger partial charge on any atom is -0.325 e. The number of nitrogens with one attached hydrogen (secondary N) is 1. The predicted octanol–water partition coefficient (Wildman–Crippen LogP) is 3.31. The molecule has 0 spiro atoms. The van der Waals surface area contributed by atoms with Gasteiger partial charge in [0.1, 0.15) is 0 Å². The molecule has 0 saturated carbocycles. The molecule has 1 heterocycles. The summed E-state index contributed by atoms with van der Waals surface area (Å²) in [5.74, 6) is 0. The molecule has 0 aliphatic carbocycles. The van der Waals surface area contributed by atoms with Gasteiger partial charge in [-0.25, -0.2) is 4.79 Å². The van der Waals surface area contributed by atoms with Crippen LogP contribution in [-0.4, -0.2) is 28.9 Å². The van der Waals surface area contributed by atoms with E-state index in [1.165, 1.54) is 12.1 Å². The summed E-state index contributed by atoms with van der Waals surface area (Å²) in [5.41, 5.74) is 1.31. The van der Waals surface area contributed by atoms with Crippen LogP contribution in [0.4, 0.5) is 16.2 Å². The molecule has 1 saturated heterocycles. The fraction of sp³-hybridized carbons (Fsp3) is 0.500. The minimum absolute atomic E-state index is 0.0123. The zero-order valence-electron chi connectivity index (χ0n) is 11.6. The molecule has 20 heavy (non-hydrogen) atoms. The number of carbonyl (C=O) groups excluding carboxylic acids is 1. The van der Waals surface area contributed by atoms with E-state index in [0.29, 0.717) is 5.69 Å². The third-order valence-electron chi connectivity index (χ3n) is 3.57. The minimum atomic E-state index is -0.457.